The van der Waals surface area contributed by atoms with Crippen molar-refractivity contribution in [3.05, 3.63) is 0 Å². The summed E-state index contributed by atoms with van der Waals surface area (Å²) in [7, 11) is 0. The van der Waals surface area contributed by atoms with Crippen LogP contribution in [0.25, 0.3) is 0 Å². The summed E-state index contributed by atoms with van der Waals surface area (Å²) in [6.45, 7) is 0. The van der Waals surface area contributed by atoms with Gasteiger partial charge in [-0.05, 0) is 0 Å². The Morgan fingerprint density at radius 1 is 1.25 bits per heavy atom. The molecule has 0 heterocycles. The Kier molecular flexibility index (Phi) is 141. The van der Waals surface area contributed by atoms with Gasteiger partial charge in [-0.2, -0.15) is 0 Å². The molecule has 4 heavy (non-hydrogen) atoms. The van der Waals surface area contributed by atoms with Crippen LogP contribution in [0.3, 0.4) is 0 Å². The van der Waals surface area contributed by atoms with Gasteiger partial charge in [0.05, 0.1) is 0 Å². The van der Waals surface area contributed by atoms with Crippen molar-refractivity contribution < 1.29 is 39.3 Å². The van der Waals surface area contributed by atoms with Crippen molar-refractivity contribution >= 4 is 0 Å². The molecule has 0 aliphatic rings. The molecule has 0 fully saturated rings. The predicted octanol–water partition coefficient (Wildman–Crippen LogP) is -0.243. The first-order valence-electron chi connectivity index (χ1n) is 0.296. The monoisotopic (exact) mass is 142 g/mol. The van der Waals surface area contributed by atoms with Gasteiger partial charge in [0.2, 0.25) is 0 Å². The Morgan fingerprint density at radius 3 is 1.25 bits per heavy atom. The van der Waals surface area contributed by atoms with Crippen molar-refractivity contribution in [3.8, 4) is 0 Å². The fourth-order valence-electron chi connectivity index (χ4n) is 0. The summed E-state index contributed by atoms with van der Waals surface area (Å²) >= 11 is 4.00. The molecule has 0 unspecified atom stereocenters. The van der Waals surface area contributed by atoms with Crippen molar-refractivity contribution in [2.24, 2.45) is 0 Å². The fourth-order valence-corrected chi connectivity index (χ4v) is 0. The van der Waals surface area contributed by atoms with Gasteiger partial charge in [-0.1, -0.05) is 0 Å². The van der Waals surface area contributed by atoms with Crippen LogP contribution in [0.15, 0.2) is 0 Å². The van der Waals surface area contributed by atoms with Crippen LogP contribution in [0, 0.1) is 0 Å². The molecule has 0 spiro atoms. The maximum absolute atomic E-state index is 8.12. The molecule has 0 saturated heterocycles. The molecule has 28 valence electrons. The van der Waals surface area contributed by atoms with E-state index in [1.807, 2.05) is 0 Å². The van der Waals surface area contributed by atoms with Crippen LogP contribution in [0.5, 0.6) is 0 Å². The summed E-state index contributed by atoms with van der Waals surface area (Å²) in [5.41, 5.74) is 0. The van der Waals surface area contributed by atoms with Crippen LogP contribution in [-0.2, 0) is 39.3 Å². The second-order valence-electron chi connectivity index (χ2n) is 0. The molecule has 0 amide bonds. The summed E-state index contributed by atoms with van der Waals surface area (Å²) in [6.07, 6.45) is 0. The molecule has 0 radical (unpaired) electrons. The number of rotatable bonds is 0. The normalized spacial score (nSPS) is 2.50. The van der Waals surface area contributed by atoms with Crippen molar-refractivity contribution in [2.75, 3.05) is 0 Å². The average molecular weight is 143 g/mol. The summed E-state index contributed by atoms with van der Waals surface area (Å²) in [5.74, 6) is 0. The molecule has 0 rings (SSSR count). The molecule has 0 atom stereocenters. The van der Waals surface area contributed by atoms with Crippen LogP contribution in [0.2, 0.25) is 0 Å². The van der Waals surface area contributed by atoms with Gasteiger partial charge in [0.25, 0.3) is 0 Å². The molecular formula is CrNiO2. The summed E-state index contributed by atoms with van der Waals surface area (Å²) in [6, 6.07) is 0. The van der Waals surface area contributed by atoms with Gasteiger partial charge in [0, 0.05) is 0 Å². The van der Waals surface area contributed by atoms with Gasteiger partial charge in [0.1, 0.15) is 0 Å². The van der Waals surface area contributed by atoms with Crippen LogP contribution in [0.4, 0.5) is 0 Å². The van der Waals surface area contributed by atoms with Crippen molar-refractivity contribution in [1.29, 1.82) is 0 Å². The predicted molar refractivity (Wildman–Crippen MR) is 1.37 cm³/mol. The van der Waals surface area contributed by atoms with E-state index in [0.29, 0.717) is 0 Å². The quantitative estimate of drug-likeness (QED) is 0.438. The van der Waals surface area contributed by atoms with Crippen molar-refractivity contribution in [3.63, 3.8) is 0 Å². The Balaban J connectivity index is 0. The van der Waals surface area contributed by atoms with E-state index in [-0.39, 0.29) is 0 Å². The third-order valence-corrected chi connectivity index (χ3v) is 0. The third kappa shape index (κ3) is 17.7. The second kappa shape index (κ2) is 63.8. The second-order valence-corrected chi connectivity index (χ2v) is 0. The van der Waals surface area contributed by atoms with Gasteiger partial charge >= 0.3 is 39.3 Å². The molecule has 0 aromatic carbocycles. The van der Waals surface area contributed by atoms with E-state index in [0.717, 1.165) is 0 Å². The Bertz CT molecular complexity index is 8.00. The summed E-state index contributed by atoms with van der Waals surface area (Å²) in [5, 5.41) is 0. The maximum atomic E-state index is 8.12. The molecule has 2 nitrogen and oxygen atoms in total. The standard InChI is InChI=1S/Cr.Ni.2O. The first-order chi connectivity index (χ1) is 2.00. The molecule has 0 aliphatic heterocycles. The van der Waals surface area contributed by atoms with E-state index in [1.165, 1.54) is 16.2 Å². The van der Waals surface area contributed by atoms with Gasteiger partial charge in [0.15, 0.2) is 0 Å². The zero-order chi connectivity index (χ0) is 4.00. The van der Waals surface area contributed by atoms with Crippen molar-refractivity contribution in [1.82, 2.24) is 0 Å². The summed E-state index contributed by atoms with van der Waals surface area (Å²) < 4.78 is 16.0. The molecule has 0 aliphatic carbocycles. The van der Waals surface area contributed by atoms with E-state index < -0.39 is 0 Å². The van der Waals surface area contributed by atoms with Crippen LogP contribution < -0.4 is 0 Å². The van der Waals surface area contributed by atoms with E-state index >= 15 is 0 Å². The number of hydrogen-bond donors (Lipinski definition) is 0. The van der Waals surface area contributed by atoms with Crippen molar-refractivity contribution in [2.45, 2.75) is 0 Å². The van der Waals surface area contributed by atoms with Crippen LogP contribution in [-0.4, -0.2) is 0 Å². The molecule has 0 aromatic rings. The first-order valence-corrected chi connectivity index (χ1v) is 1.22. The Labute approximate surface area is 39.8 Å². The van der Waals surface area contributed by atoms with E-state index in [9.17, 15) is 0 Å². The molecule has 0 saturated carbocycles. The fraction of sp³-hybridized carbons (Fsp3) is 0. The van der Waals surface area contributed by atoms with E-state index in [4.69, 9.17) is 7.70 Å². The minimum atomic E-state index is 1.38. The third-order valence-electron chi connectivity index (χ3n) is 0. The first kappa shape index (κ1) is 8.82. The zero-order valence-corrected chi connectivity index (χ0v) is 3.80. The average Bonchev–Trinajstić information content (AvgIpc) is 1.50. The SMILES string of the molecule is [O]=[Cr].[O]=[Ni]. The zero-order valence-electron chi connectivity index (χ0n) is 1.54. The Morgan fingerprint density at radius 2 is 1.25 bits per heavy atom. The summed E-state index contributed by atoms with van der Waals surface area (Å²) in [4.78, 5) is 0. The van der Waals surface area contributed by atoms with Gasteiger partial charge in [-0.25, -0.2) is 0 Å². The van der Waals surface area contributed by atoms with Gasteiger partial charge < -0.3 is 0 Å². The molecule has 0 bridgehead atoms. The Hall–Kier alpha value is 0.626. The molecule has 0 N–H and O–H groups in total. The van der Waals surface area contributed by atoms with Gasteiger partial charge in [-0.3, -0.25) is 0 Å². The van der Waals surface area contributed by atoms with E-state index in [1.54, 1.807) is 0 Å². The van der Waals surface area contributed by atoms with Crippen LogP contribution >= 0.6 is 0 Å². The van der Waals surface area contributed by atoms with Crippen LogP contribution in [0.1, 0.15) is 0 Å². The van der Waals surface area contributed by atoms with Gasteiger partial charge in [-0.15, -0.1) is 0 Å². The molecule has 4 heteroatoms. The topological polar surface area (TPSA) is 34.1 Å². The number of hydrogen-bond acceptors (Lipinski definition) is 2. The van der Waals surface area contributed by atoms with E-state index in [2.05, 4.69) is 15.4 Å². The minimum absolute atomic E-state index is 1.38. The molecular weight excluding hydrogens is 143 g/mol. The molecule has 0 aromatic heterocycles.